The lowest BCUT2D eigenvalue weighted by Crippen LogP contribution is -2.20. The van der Waals surface area contributed by atoms with E-state index in [1.165, 1.54) is 6.07 Å². The zero-order chi connectivity index (χ0) is 19.6. The number of nitrogens with one attached hydrogen (secondary N) is 1. The van der Waals surface area contributed by atoms with Gasteiger partial charge in [-0.15, -0.1) is 0 Å². The van der Waals surface area contributed by atoms with Gasteiger partial charge in [-0.05, 0) is 43.0 Å². The van der Waals surface area contributed by atoms with E-state index in [4.69, 9.17) is 0 Å². The predicted molar refractivity (Wildman–Crippen MR) is 110 cm³/mol. The van der Waals surface area contributed by atoms with Gasteiger partial charge in [0.1, 0.15) is 12.4 Å². The molecule has 8 heteroatoms. The molecule has 0 saturated carbocycles. The lowest BCUT2D eigenvalue weighted by molar-refractivity contribution is -0.116. The molecule has 0 unspecified atom stereocenters. The molecule has 0 aliphatic carbocycles. The topological polar surface area (TPSA) is 81.1 Å². The summed E-state index contributed by atoms with van der Waals surface area (Å²) in [5, 5.41) is 2.84. The highest BCUT2D eigenvalue weighted by atomic mass is 32.2. The Bertz CT molecular complexity index is 1100. The number of nitrogens with zero attached hydrogens (tertiary/aromatic N) is 2. The van der Waals surface area contributed by atoms with E-state index in [1.54, 1.807) is 23.9 Å². The molecule has 0 aliphatic rings. The van der Waals surface area contributed by atoms with Gasteiger partial charge in [-0.1, -0.05) is 18.2 Å². The maximum atomic E-state index is 12.7. The molecule has 0 saturated heterocycles. The fraction of sp³-hybridized carbons (Fsp3) is 0.263. The van der Waals surface area contributed by atoms with Gasteiger partial charge in [0, 0.05) is 11.9 Å². The number of anilines is 1. The summed E-state index contributed by atoms with van der Waals surface area (Å²) in [4.78, 5) is 17.5. The van der Waals surface area contributed by atoms with E-state index in [0.29, 0.717) is 11.4 Å². The molecular formula is C19H21N3O3S2. The van der Waals surface area contributed by atoms with Crippen LogP contribution in [0.1, 0.15) is 11.4 Å². The van der Waals surface area contributed by atoms with Crippen molar-refractivity contribution in [2.24, 2.45) is 0 Å². The van der Waals surface area contributed by atoms with Gasteiger partial charge in [0.25, 0.3) is 0 Å². The molecule has 1 amide bonds. The number of thioether (sulfide) groups is 1. The second-order valence-corrected chi connectivity index (χ2v) is 9.21. The number of rotatable bonds is 6. The largest absolute Gasteiger partial charge is 0.324 e. The van der Waals surface area contributed by atoms with Crippen molar-refractivity contribution in [3.05, 3.63) is 53.9 Å². The van der Waals surface area contributed by atoms with E-state index in [1.807, 2.05) is 42.0 Å². The summed E-state index contributed by atoms with van der Waals surface area (Å²) in [5.74, 6) is 1.31. The number of hydrogen-bond donors (Lipinski definition) is 1. The fourth-order valence-corrected chi connectivity index (χ4v) is 3.97. The number of aryl methyl sites for hydroxylation is 1. The van der Waals surface area contributed by atoms with Crippen LogP contribution in [0.3, 0.4) is 0 Å². The minimum atomic E-state index is -3.34. The first-order chi connectivity index (χ1) is 12.8. The van der Waals surface area contributed by atoms with Crippen molar-refractivity contribution in [2.75, 3.05) is 17.8 Å². The van der Waals surface area contributed by atoms with Gasteiger partial charge in [0.2, 0.25) is 5.91 Å². The monoisotopic (exact) mass is 403 g/mol. The molecule has 0 bridgehead atoms. The summed E-state index contributed by atoms with van der Waals surface area (Å²) in [5.41, 5.74) is 3.05. The van der Waals surface area contributed by atoms with Gasteiger partial charge in [0.05, 0.1) is 21.7 Å². The van der Waals surface area contributed by atoms with Crippen LogP contribution in [0, 0.1) is 6.92 Å². The standard InChI is InChI=1S/C19H21N3O3S2/c1-13-8-9-14(27(3,24)25)10-16(13)21-19(23)11-22-17-7-5-4-6-15(17)20-18(22)12-26-2/h4-10H,11-12H2,1-3H3,(H,21,23). The van der Waals surface area contributed by atoms with Crippen LogP contribution in [-0.2, 0) is 26.9 Å². The molecule has 142 valence electrons. The third-order valence-electron chi connectivity index (χ3n) is 4.22. The number of sulfone groups is 1. The second-order valence-electron chi connectivity index (χ2n) is 6.33. The summed E-state index contributed by atoms with van der Waals surface area (Å²) in [6.07, 6.45) is 3.14. The van der Waals surface area contributed by atoms with Crippen LogP contribution in [0.4, 0.5) is 5.69 Å². The van der Waals surface area contributed by atoms with E-state index < -0.39 is 9.84 Å². The van der Waals surface area contributed by atoms with E-state index in [-0.39, 0.29) is 17.3 Å². The molecule has 0 spiro atoms. The Balaban J connectivity index is 1.89. The number of aromatic nitrogens is 2. The van der Waals surface area contributed by atoms with Gasteiger partial charge in [-0.2, -0.15) is 11.8 Å². The first-order valence-electron chi connectivity index (χ1n) is 8.33. The minimum Gasteiger partial charge on any atom is -0.324 e. The molecule has 3 rings (SSSR count). The average Bonchev–Trinajstić information content (AvgIpc) is 2.94. The maximum Gasteiger partial charge on any atom is 0.244 e. The highest BCUT2D eigenvalue weighted by molar-refractivity contribution is 7.97. The van der Waals surface area contributed by atoms with Crippen molar-refractivity contribution in [3.8, 4) is 0 Å². The van der Waals surface area contributed by atoms with Crippen LogP contribution < -0.4 is 5.32 Å². The fourth-order valence-electron chi connectivity index (χ4n) is 2.84. The van der Waals surface area contributed by atoms with Crippen molar-refractivity contribution in [1.29, 1.82) is 0 Å². The third kappa shape index (κ3) is 4.33. The number of benzene rings is 2. The van der Waals surface area contributed by atoms with Crippen molar-refractivity contribution in [3.63, 3.8) is 0 Å². The predicted octanol–water partition coefficient (Wildman–Crippen LogP) is 3.25. The number of imidazole rings is 1. The van der Waals surface area contributed by atoms with Gasteiger partial charge in [-0.25, -0.2) is 13.4 Å². The number of carbonyl (C=O) groups is 1. The maximum absolute atomic E-state index is 12.7. The number of para-hydroxylation sites is 2. The number of fused-ring (bicyclic) bond motifs is 1. The molecule has 6 nitrogen and oxygen atoms in total. The van der Waals surface area contributed by atoms with Crippen LogP contribution in [0.2, 0.25) is 0 Å². The lowest BCUT2D eigenvalue weighted by atomic mass is 10.2. The van der Waals surface area contributed by atoms with Crippen molar-refractivity contribution < 1.29 is 13.2 Å². The van der Waals surface area contributed by atoms with E-state index in [2.05, 4.69) is 10.3 Å². The first-order valence-corrected chi connectivity index (χ1v) is 11.6. The first kappa shape index (κ1) is 19.4. The SMILES string of the molecule is CSCc1nc2ccccc2n1CC(=O)Nc1cc(S(C)(=O)=O)ccc1C. The molecule has 1 aromatic heterocycles. The molecule has 0 atom stereocenters. The van der Waals surface area contributed by atoms with Crippen LogP contribution in [0.15, 0.2) is 47.4 Å². The Hall–Kier alpha value is -2.32. The van der Waals surface area contributed by atoms with E-state index in [9.17, 15) is 13.2 Å². The molecule has 3 aromatic rings. The summed E-state index contributed by atoms with van der Waals surface area (Å²) < 4.78 is 25.4. The Kier molecular flexibility index (Phi) is 5.57. The minimum absolute atomic E-state index is 0.110. The summed E-state index contributed by atoms with van der Waals surface area (Å²) in [6.45, 7) is 1.94. The quantitative estimate of drug-likeness (QED) is 0.683. The van der Waals surface area contributed by atoms with Gasteiger partial charge in [-0.3, -0.25) is 4.79 Å². The highest BCUT2D eigenvalue weighted by Crippen LogP contribution is 2.22. The number of carbonyl (C=O) groups excluding carboxylic acids is 1. The second kappa shape index (κ2) is 7.74. The lowest BCUT2D eigenvalue weighted by Gasteiger charge is -2.12. The van der Waals surface area contributed by atoms with Crippen molar-refractivity contribution in [1.82, 2.24) is 9.55 Å². The number of hydrogen-bond acceptors (Lipinski definition) is 5. The molecule has 1 N–H and O–H groups in total. The van der Waals surface area contributed by atoms with E-state index in [0.717, 1.165) is 28.7 Å². The zero-order valence-corrected chi connectivity index (χ0v) is 17.0. The van der Waals surface area contributed by atoms with Gasteiger partial charge >= 0.3 is 0 Å². The zero-order valence-electron chi connectivity index (χ0n) is 15.4. The molecule has 0 radical (unpaired) electrons. The van der Waals surface area contributed by atoms with Crippen LogP contribution >= 0.6 is 11.8 Å². The molecular weight excluding hydrogens is 382 g/mol. The van der Waals surface area contributed by atoms with E-state index >= 15 is 0 Å². The number of amides is 1. The van der Waals surface area contributed by atoms with Crippen LogP contribution in [-0.4, -0.2) is 36.4 Å². The molecule has 2 aromatic carbocycles. The van der Waals surface area contributed by atoms with Crippen molar-refractivity contribution >= 4 is 44.2 Å². The van der Waals surface area contributed by atoms with Crippen LogP contribution in [0.5, 0.6) is 0 Å². The molecule has 0 aliphatic heterocycles. The summed E-state index contributed by atoms with van der Waals surface area (Å²) >= 11 is 1.64. The highest BCUT2D eigenvalue weighted by Gasteiger charge is 2.15. The Morgan fingerprint density at radius 1 is 1.22 bits per heavy atom. The van der Waals surface area contributed by atoms with Crippen LogP contribution in [0.25, 0.3) is 11.0 Å². The van der Waals surface area contributed by atoms with Crippen molar-refractivity contribution in [2.45, 2.75) is 24.1 Å². The summed E-state index contributed by atoms with van der Waals surface area (Å²) in [7, 11) is -3.34. The Morgan fingerprint density at radius 3 is 2.67 bits per heavy atom. The normalized spacial score (nSPS) is 11.7. The Morgan fingerprint density at radius 2 is 1.96 bits per heavy atom. The molecule has 1 heterocycles. The summed E-state index contributed by atoms with van der Waals surface area (Å²) in [6, 6.07) is 12.4. The van der Waals surface area contributed by atoms with Gasteiger partial charge < -0.3 is 9.88 Å². The molecule has 0 fully saturated rings. The molecule has 27 heavy (non-hydrogen) atoms. The van der Waals surface area contributed by atoms with Gasteiger partial charge in [0.15, 0.2) is 9.84 Å². The smallest absolute Gasteiger partial charge is 0.244 e. The average molecular weight is 404 g/mol. The third-order valence-corrected chi connectivity index (χ3v) is 5.88. The Labute approximate surface area is 162 Å².